The molecule has 2 aliphatic rings. The van der Waals surface area contributed by atoms with E-state index in [0.717, 1.165) is 18.0 Å². The smallest absolute Gasteiger partial charge is 0.0123 e. The highest BCUT2D eigenvalue weighted by Crippen LogP contribution is 2.23. The van der Waals surface area contributed by atoms with Crippen LogP contribution >= 0.6 is 0 Å². The zero-order valence-corrected chi connectivity index (χ0v) is 14.7. The lowest BCUT2D eigenvalue weighted by Gasteiger charge is -2.45. The number of nitrogens with zero attached hydrogens (tertiary/aromatic N) is 3. The van der Waals surface area contributed by atoms with E-state index in [9.17, 15) is 0 Å². The highest BCUT2D eigenvalue weighted by molar-refractivity contribution is 4.86. The summed E-state index contributed by atoms with van der Waals surface area (Å²) in [6.45, 7) is 18.7. The molecule has 2 aliphatic heterocycles. The molecule has 20 heavy (non-hydrogen) atoms. The molecule has 0 aliphatic carbocycles. The zero-order chi connectivity index (χ0) is 15.1. The van der Waals surface area contributed by atoms with Crippen molar-refractivity contribution in [3.8, 4) is 0 Å². The first-order valence-corrected chi connectivity index (χ1v) is 8.73. The first-order chi connectivity index (χ1) is 9.56. The van der Waals surface area contributed by atoms with E-state index in [1.165, 1.54) is 52.1 Å². The van der Waals surface area contributed by atoms with Gasteiger partial charge in [0.15, 0.2) is 0 Å². The third-order valence-corrected chi connectivity index (χ3v) is 4.64. The second-order valence-corrected chi connectivity index (χ2v) is 6.76. The third-order valence-electron chi connectivity index (χ3n) is 4.64. The molecule has 0 radical (unpaired) electrons. The third kappa shape index (κ3) is 5.34. The predicted molar refractivity (Wildman–Crippen MR) is 89.3 cm³/mol. The maximum absolute atomic E-state index is 2.74. The van der Waals surface area contributed by atoms with E-state index in [0.29, 0.717) is 0 Å². The molecule has 0 N–H and O–H groups in total. The van der Waals surface area contributed by atoms with Gasteiger partial charge >= 0.3 is 0 Å². The van der Waals surface area contributed by atoms with Crippen molar-refractivity contribution < 1.29 is 0 Å². The lowest BCUT2D eigenvalue weighted by molar-refractivity contribution is 0.0405. The summed E-state index contributed by atoms with van der Waals surface area (Å²) >= 11 is 0. The molecule has 0 aromatic heterocycles. The fourth-order valence-electron chi connectivity index (χ4n) is 3.45. The lowest BCUT2D eigenvalue weighted by atomic mass is 9.95. The first kappa shape index (κ1) is 17.9. The molecule has 0 spiro atoms. The van der Waals surface area contributed by atoms with Gasteiger partial charge in [-0.1, -0.05) is 27.7 Å². The van der Waals surface area contributed by atoms with Crippen LogP contribution in [0.15, 0.2) is 0 Å². The van der Waals surface area contributed by atoms with Gasteiger partial charge in [-0.15, -0.1) is 0 Å². The summed E-state index contributed by atoms with van der Waals surface area (Å²) in [6.07, 6.45) is 2.75. The number of hydrogen-bond acceptors (Lipinski definition) is 3. The van der Waals surface area contributed by atoms with Gasteiger partial charge in [-0.3, -0.25) is 4.90 Å². The number of likely N-dealkylation sites (N-methyl/N-ethyl adjacent to an activating group) is 1. The van der Waals surface area contributed by atoms with Crippen molar-refractivity contribution in [2.24, 2.45) is 5.92 Å². The molecule has 3 heteroatoms. The average molecular weight is 284 g/mol. The highest BCUT2D eigenvalue weighted by Gasteiger charge is 2.30. The molecule has 2 fully saturated rings. The van der Waals surface area contributed by atoms with Crippen LogP contribution in [0.3, 0.4) is 0 Å². The molecule has 1 unspecified atom stereocenters. The number of hydrogen-bond donors (Lipinski definition) is 0. The summed E-state index contributed by atoms with van der Waals surface area (Å²) in [5.74, 6) is 0.799. The van der Waals surface area contributed by atoms with Crippen LogP contribution in [-0.4, -0.2) is 73.1 Å². The van der Waals surface area contributed by atoms with Crippen molar-refractivity contribution in [2.75, 3.05) is 46.3 Å². The Morgan fingerprint density at radius 1 is 1.00 bits per heavy atom. The van der Waals surface area contributed by atoms with Gasteiger partial charge in [0.2, 0.25) is 0 Å². The molecule has 0 bridgehead atoms. The van der Waals surface area contributed by atoms with Crippen LogP contribution in [0, 0.1) is 5.92 Å². The van der Waals surface area contributed by atoms with Crippen LogP contribution < -0.4 is 0 Å². The van der Waals surface area contributed by atoms with Crippen LogP contribution in [0.5, 0.6) is 0 Å². The molecule has 0 saturated carbocycles. The number of rotatable bonds is 3. The number of likely N-dealkylation sites (tertiary alicyclic amines) is 1. The van der Waals surface area contributed by atoms with Gasteiger partial charge in [-0.25, -0.2) is 0 Å². The van der Waals surface area contributed by atoms with Gasteiger partial charge in [0.05, 0.1) is 0 Å². The Morgan fingerprint density at radius 2 is 1.60 bits per heavy atom. The first-order valence-electron chi connectivity index (χ1n) is 8.73. The standard InChI is InChI=1S/C15H31N3.C2H6/c1-13(2)12-18-6-5-15(11-14(18)3)17-9-7-16(4)8-10-17;1-2/h13-15H,5-12H2,1-4H3;1-2H3/t14-,15?;/m0./s1. The van der Waals surface area contributed by atoms with Gasteiger partial charge < -0.3 is 9.80 Å². The van der Waals surface area contributed by atoms with Crippen molar-refractivity contribution in [3.05, 3.63) is 0 Å². The number of piperidine rings is 1. The summed E-state index contributed by atoms with van der Waals surface area (Å²) in [5.41, 5.74) is 0. The predicted octanol–water partition coefficient (Wildman–Crippen LogP) is 2.77. The molecule has 2 heterocycles. The SMILES string of the molecule is CC.CC(C)CN1CCC(N2CCN(C)CC2)C[C@@H]1C. The summed E-state index contributed by atoms with van der Waals surface area (Å²) < 4.78 is 0. The van der Waals surface area contributed by atoms with Crippen molar-refractivity contribution in [1.29, 1.82) is 0 Å². The minimum atomic E-state index is 0.769. The molecule has 0 aromatic carbocycles. The summed E-state index contributed by atoms with van der Waals surface area (Å²) in [7, 11) is 2.24. The van der Waals surface area contributed by atoms with Crippen molar-refractivity contribution in [2.45, 2.75) is 59.5 Å². The second-order valence-electron chi connectivity index (χ2n) is 6.76. The Kier molecular flexibility index (Phi) is 8.08. The van der Waals surface area contributed by atoms with Gasteiger partial charge in [0, 0.05) is 44.8 Å². The number of piperazine rings is 1. The van der Waals surface area contributed by atoms with E-state index in [4.69, 9.17) is 0 Å². The average Bonchev–Trinajstić information content (AvgIpc) is 2.44. The Labute approximate surface area is 127 Å². The minimum absolute atomic E-state index is 0.769. The monoisotopic (exact) mass is 283 g/mol. The van der Waals surface area contributed by atoms with Crippen LogP contribution in [0.1, 0.15) is 47.5 Å². The van der Waals surface area contributed by atoms with E-state index >= 15 is 0 Å². The van der Waals surface area contributed by atoms with Crippen LogP contribution in [0.4, 0.5) is 0 Å². The van der Waals surface area contributed by atoms with Crippen molar-refractivity contribution in [3.63, 3.8) is 0 Å². The topological polar surface area (TPSA) is 9.72 Å². The molecule has 2 atom stereocenters. The molecule has 2 saturated heterocycles. The molecular formula is C17H37N3. The summed E-state index contributed by atoms with van der Waals surface area (Å²) in [6, 6.07) is 1.61. The van der Waals surface area contributed by atoms with E-state index in [1.54, 1.807) is 0 Å². The fourth-order valence-corrected chi connectivity index (χ4v) is 3.45. The van der Waals surface area contributed by atoms with Crippen molar-refractivity contribution in [1.82, 2.24) is 14.7 Å². The molecule has 3 nitrogen and oxygen atoms in total. The summed E-state index contributed by atoms with van der Waals surface area (Å²) in [5, 5.41) is 0. The molecule has 120 valence electrons. The molecule has 0 amide bonds. The van der Waals surface area contributed by atoms with Crippen LogP contribution in [0.2, 0.25) is 0 Å². The zero-order valence-electron chi connectivity index (χ0n) is 14.7. The Morgan fingerprint density at radius 3 is 2.10 bits per heavy atom. The Hall–Kier alpha value is -0.120. The van der Waals surface area contributed by atoms with E-state index in [1.807, 2.05) is 13.8 Å². The second kappa shape index (κ2) is 9.01. The van der Waals surface area contributed by atoms with E-state index < -0.39 is 0 Å². The highest BCUT2D eigenvalue weighted by atomic mass is 15.3. The molecular weight excluding hydrogens is 246 g/mol. The molecule has 2 rings (SSSR count). The van der Waals surface area contributed by atoms with Crippen molar-refractivity contribution >= 4 is 0 Å². The Balaban J connectivity index is 0.000000956. The van der Waals surface area contributed by atoms with Crippen LogP contribution in [-0.2, 0) is 0 Å². The lowest BCUT2D eigenvalue weighted by Crippen LogP contribution is -2.54. The van der Waals surface area contributed by atoms with Crippen LogP contribution in [0.25, 0.3) is 0 Å². The van der Waals surface area contributed by atoms with Gasteiger partial charge in [0.1, 0.15) is 0 Å². The Bertz CT molecular complexity index is 247. The van der Waals surface area contributed by atoms with E-state index in [2.05, 4.69) is 42.5 Å². The normalized spacial score (nSPS) is 30.1. The minimum Gasteiger partial charge on any atom is -0.304 e. The van der Waals surface area contributed by atoms with E-state index in [-0.39, 0.29) is 0 Å². The fraction of sp³-hybridized carbons (Fsp3) is 1.00. The largest absolute Gasteiger partial charge is 0.304 e. The summed E-state index contributed by atoms with van der Waals surface area (Å²) in [4.78, 5) is 7.88. The maximum atomic E-state index is 2.74. The maximum Gasteiger partial charge on any atom is 0.0123 e. The van der Waals surface area contributed by atoms with Gasteiger partial charge in [0.25, 0.3) is 0 Å². The quantitative estimate of drug-likeness (QED) is 0.788. The molecule has 0 aromatic rings. The van der Waals surface area contributed by atoms with Gasteiger partial charge in [-0.2, -0.15) is 0 Å². The van der Waals surface area contributed by atoms with Gasteiger partial charge in [-0.05, 0) is 39.3 Å².